The van der Waals surface area contributed by atoms with Crippen LogP contribution in [0.3, 0.4) is 0 Å². The summed E-state index contributed by atoms with van der Waals surface area (Å²) in [6.45, 7) is 11.7. The molecule has 9 rings (SSSR count). The van der Waals surface area contributed by atoms with Crippen LogP contribution in [0.15, 0.2) is 79.1 Å². The molecule has 10 heteroatoms. The van der Waals surface area contributed by atoms with Crippen LogP contribution in [0.1, 0.15) is 85.5 Å². The predicted octanol–water partition coefficient (Wildman–Crippen LogP) is 8.86. The summed E-state index contributed by atoms with van der Waals surface area (Å²) in [5.41, 5.74) is 5.78. The third kappa shape index (κ3) is 6.49. The van der Waals surface area contributed by atoms with E-state index >= 15 is 4.39 Å². The summed E-state index contributed by atoms with van der Waals surface area (Å²) in [5, 5.41) is 0.900. The summed E-state index contributed by atoms with van der Waals surface area (Å²) in [6, 6.07) is 22.9. The molecular weight excluding hydrogens is 682 g/mol. The van der Waals surface area contributed by atoms with Gasteiger partial charge < -0.3 is 24.1 Å². The molecule has 2 saturated heterocycles. The number of H-pyrrole nitrogens is 1. The van der Waals surface area contributed by atoms with E-state index in [4.69, 9.17) is 14.2 Å². The van der Waals surface area contributed by atoms with E-state index in [1.807, 2.05) is 24.4 Å². The molecular formula is C44H48FN5O4. The summed E-state index contributed by atoms with van der Waals surface area (Å²) in [5.74, 6) is 2.38. The number of Topliss-reactive ketones (excluding diaryl/α,β-unsaturated/α-hetero) is 1. The highest BCUT2D eigenvalue weighted by Gasteiger charge is 2.50. The Labute approximate surface area is 316 Å². The minimum absolute atomic E-state index is 0.226. The fourth-order valence-electron chi connectivity index (χ4n) is 9.46. The van der Waals surface area contributed by atoms with Crippen molar-refractivity contribution in [3.8, 4) is 23.0 Å². The van der Waals surface area contributed by atoms with Crippen LogP contribution in [0.2, 0.25) is 0 Å². The second kappa shape index (κ2) is 14.0. The number of carbonyl (C=O) groups excluding carboxylic acids is 1. The SMILES string of the molecule is CC(=O)c1cc(F)c(N2CCC3(CC2)CC(N2CCN(Cc4cccc5c4OCO5)C[C@H]2c2ccccc2C(C)C)C3)cc1Oc1cnc2[nH]ccc2c1. The number of fused-ring (bicyclic) bond motifs is 2. The van der Waals surface area contributed by atoms with Crippen molar-refractivity contribution in [1.82, 2.24) is 19.8 Å². The van der Waals surface area contributed by atoms with Gasteiger partial charge in [-0.2, -0.15) is 0 Å². The number of rotatable bonds is 9. The number of ether oxygens (including phenoxy) is 3. The molecule has 1 aliphatic carbocycles. The number of nitrogens with one attached hydrogen (secondary N) is 1. The zero-order valence-electron chi connectivity index (χ0n) is 31.3. The van der Waals surface area contributed by atoms with Crippen LogP contribution in [0.25, 0.3) is 11.0 Å². The number of aromatic nitrogens is 2. The van der Waals surface area contributed by atoms with E-state index in [9.17, 15) is 4.79 Å². The minimum atomic E-state index is -0.390. The largest absolute Gasteiger partial charge is 0.455 e. The molecule has 1 atom stereocenters. The van der Waals surface area contributed by atoms with Crippen LogP contribution in [-0.2, 0) is 6.54 Å². The molecule has 0 radical (unpaired) electrons. The number of nitrogens with zero attached hydrogens (tertiary/aromatic N) is 4. The first-order chi connectivity index (χ1) is 26.2. The lowest BCUT2D eigenvalue weighted by molar-refractivity contribution is -0.0629. The van der Waals surface area contributed by atoms with Crippen molar-refractivity contribution in [3.05, 3.63) is 107 Å². The highest BCUT2D eigenvalue weighted by Crippen LogP contribution is 2.53. The first-order valence-electron chi connectivity index (χ1n) is 19.4. The van der Waals surface area contributed by atoms with Gasteiger partial charge in [-0.05, 0) is 79.3 Å². The molecule has 4 aliphatic rings. The number of hydrogen-bond donors (Lipinski definition) is 1. The molecule has 54 heavy (non-hydrogen) atoms. The summed E-state index contributed by atoms with van der Waals surface area (Å²) < 4.78 is 33.5. The number of ketones is 1. The Morgan fingerprint density at radius 2 is 1.85 bits per heavy atom. The molecule has 5 aromatic rings. The first-order valence-corrected chi connectivity index (χ1v) is 19.4. The third-order valence-electron chi connectivity index (χ3n) is 12.4. The van der Waals surface area contributed by atoms with E-state index in [0.717, 1.165) is 87.5 Å². The zero-order valence-corrected chi connectivity index (χ0v) is 31.3. The molecule has 1 spiro atoms. The number of carbonyl (C=O) groups is 1. The number of piperidine rings is 1. The van der Waals surface area contributed by atoms with Crippen molar-refractivity contribution in [2.24, 2.45) is 5.41 Å². The Bertz CT molecular complexity index is 2190. The molecule has 1 saturated carbocycles. The Balaban J connectivity index is 0.898. The topological polar surface area (TPSA) is 83.2 Å². The van der Waals surface area contributed by atoms with Gasteiger partial charge in [0.25, 0.3) is 0 Å². The van der Waals surface area contributed by atoms with Crippen LogP contribution in [0, 0.1) is 11.2 Å². The van der Waals surface area contributed by atoms with Crippen molar-refractivity contribution in [1.29, 1.82) is 0 Å². The highest BCUT2D eigenvalue weighted by atomic mass is 19.1. The van der Waals surface area contributed by atoms with Crippen molar-refractivity contribution < 1.29 is 23.4 Å². The van der Waals surface area contributed by atoms with E-state index in [1.54, 1.807) is 12.3 Å². The lowest BCUT2D eigenvalue weighted by Gasteiger charge is -2.58. The lowest BCUT2D eigenvalue weighted by atomic mass is 9.59. The number of pyridine rings is 1. The number of anilines is 1. The molecule has 5 heterocycles. The Morgan fingerprint density at radius 3 is 2.67 bits per heavy atom. The minimum Gasteiger partial charge on any atom is -0.455 e. The van der Waals surface area contributed by atoms with Crippen molar-refractivity contribution >= 4 is 22.5 Å². The van der Waals surface area contributed by atoms with Gasteiger partial charge in [-0.25, -0.2) is 9.37 Å². The van der Waals surface area contributed by atoms with Gasteiger partial charge in [-0.15, -0.1) is 0 Å². The maximum absolute atomic E-state index is 15.7. The van der Waals surface area contributed by atoms with Crippen LogP contribution in [0.5, 0.6) is 23.0 Å². The van der Waals surface area contributed by atoms with E-state index in [1.165, 1.54) is 29.7 Å². The van der Waals surface area contributed by atoms with E-state index < -0.39 is 5.82 Å². The van der Waals surface area contributed by atoms with Gasteiger partial charge in [-0.1, -0.05) is 50.2 Å². The first kappa shape index (κ1) is 34.8. The summed E-state index contributed by atoms with van der Waals surface area (Å²) >= 11 is 0. The molecule has 2 aromatic heterocycles. The number of para-hydroxylation sites is 1. The van der Waals surface area contributed by atoms with Gasteiger partial charge >= 0.3 is 0 Å². The number of hydrogen-bond acceptors (Lipinski definition) is 8. The maximum Gasteiger partial charge on any atom is 0.231 e. The van der Waals surface area contributed by atoms with E-state index in [-0.39, 0.29) is 23.6 Å². The summed E-state index contributed by atoms with van der Waals surface area (Å²) in [4.78, 5) is 27.6. The summed E-state index contributed by atoms with van der Waals surface area (Å²) in [7, 11) is 0. The van der Waals surface area contributed by atoms with Gasteiger partial charge in [0.15, 0.2) is 17.3 Å². The third-order valence-corrected chi connectivity index (χ3v) is 12.4. The van der Waals surface area contributed by atoms with Gasteiger partial charge in [0, 0.05) is 74.6 Å². The second-order valence-corrected chi connectivity index (χ2v) is 16.0. The second-order valence-electron chi connectivity index (χ2n) is 16.0. The molecule has 3 aliphatic heterocycles. The Hall–Kier alpha value is -4.93. The van der Waals surface area contributed by atoms with E-state index in [0.29, 0.717) is 35.2 Å². The quantitative estimate of drug-likeness (QED) is 0.151. The van der Waals surface area contributed by atoms with E-state index in [2.05, 4.69) is 74.9 Å². The molecule has 1 N–H and O–H groups in total. The molecule has 0 unspecified atom stereocenters. The smallest absolute Gasteiger partial charge is 0.231 e. The maximum atomic E-state index is 15.7. The average Bonchev–Trinajstić information content (AvgIpc) is 3.85. The van der Waals surface area contributed by atoms with Crippen molar-refractivity contribution in [3.63, 3.8) is 0 Å². The van der Waals surface area contributed by atoms with Crippen LogP contribution < -0.4 is 19.1 Å². The van der Waals surface area contributed by atoms with Gasteiger partial charge in [0.05, 0.1) is 17.4 Å². The predicted molar refractivity (Wildman–Crippen MR) is 207 cm³/mol. The molecule has 280 valence electrons. The monoisotopic (exact) mass is 729 g/mol. The molecule has 3 fully saturated rings. The fourth-order valence-corrected chi connectivity index (χ4v) is 9.46. The molecule has 9 nitrogen and oxygen atoms in total. The van der Waals surface area contributed by atoms with Gasteiger partial charge in [0.2, 0.25) is 6.79 Å². The standard InChI is InChI=1S/C44H48FN5O4/c1-28(2)34-8-4-5-9-35(34)39-26-48(25-31-7-6-10-40-42(31)53-27-52-40)17-18-50(39)32-22-44(23-32)12-15-49(16-13-44)38-21-41(36(29(3)51)20-37(38)45)54-33-19-30-11-14-46-43(30)47-24-33/h4-11,14,19-21,24,28,32,39H,12-13,15-18,22-23,25-27H2,1-3H3,(H,46,47)/t39-/m0/s1. The number of benzene rings is 3. The molecule has 0 amide bonds. The summed E-state index contributed by atoms with van der Waals surface area (Å²) in [6.07, 6.45) is 7.78. The number of aromatic amines is 1. The Morgan fingerprint density at radius 1 is 1.02 bits per heavy atom. The molecule has 0 bridgehead atoms. The van der Waals surface area contributed by atoms with Crippen molar-refractivity contribution in [2.75, 3.05) is 44.4 Å². The van der Waals surface area contributed by atoms with Gasteiger partial charge in [0.1, 0.15) is 23.0 Å². The molecule has 3 aromatic carbocycles. The highest BCUT2D eigenvalue weighted by molar-refractivity contribution is 5.97. The zero-order chi connectivity index (χ0) is 37.0. The fraction of sp³-hybridized carbons (Fsp3) is 0.409. The normalized spacial score (nSPS) is 20.2. The van der Waals surface area contributed by atoms with Crippen LogP contribution in [0.4, 0.5) is 10.1 Å². The number of piperazine rings is 1. The Kier molecular flexibility index (Phi) is 9.06. The van der Waals surface area contributed by atoms with Crippen LogP contribution >= 0.6 is 0 Å². The number of halogens is 1. The lowest BCUT2D eigenvalue weighted by Crippen LogP contribution is -2.60. The average molecular weight is 730 g/mol. The van der Waals surface area contributed by atoms with Gasteiger partial charge in [-0.3, -0.25) is 14.6 Å². The van der Waals surface area contributed by atoms with Crippen molar-refractivity contribution in [2.45, 2.75) is 71.0 Å². The van der Waals surface area contributed by atoms with Crippen LogP contribution in [-0.4, -0.2) is 71.1 Å².